The highest BCUT2D eigenvalue weighted by molar-refractivity contribution is 9.10. The maximum Gasteiger partial charge on any atom is 0.156 e. The first-order valence-electron chi connectivity index (χ1n) is 7.69. The van der Waals surface area contributed by atoms with Gasteiger partial charge >= 0.3 is 0 Å². The highest BCUT2D eigenvalue weighted by atomic mass is 79.9. The molecule has 0 saturated carbocycles. The van der Waals surface area contributed by atoms with Gasteiger partial charge < -0.3 is 0 Å². The zero-order valence-corrected chi connectivity index (χ0v) is 14.7. The normalized spacial score (nSPS) is 10.7. The van der Waals surface area contributed by atoms with E-state index in [-0.39, 0.29) is 6.42 Å². The number of aromatic nitrogens is 2. The lowest BCUT2D eigenvalue weighted by Gasteiger charge is -2.11. The molecule has 0 atom stereocenters. The van der Waals surface area contributed by atoms with Crippen LogP contribution in [0.1, 0.15) is 11.3 Å². The number of hydrogen-bond donors (Lipinski definition) is 0. The molecule has 2 aromatic carbocycles. The van der Waals surface area contributed by atoms with Gasteiger partial charge in [-0.05, 0) is 35.9 Å². The summed E-state index contributed by atoms with van der Waals surface area (Å²) >= 11 is 3.43. The highest BCUT2D eigenvalue weighted by Crippen LogP contribution is 2.31. The molecule has 0 aliphatic carbocycles. The number of hydrogen-bond acceptors (Lipinski definition) is 3. The van der Waals surface area contributed by atoms with Gasteiger partial charge in [-0.1, -0.05) is 40.2 Å². The van der Waals surface area contributed by atoms with Crippen molar-refractivity contribution in [1.82, 2.24) is 9.38 Å². The fraction of sp³-hybridized carbons (Fsp3) is 0.0500. The van der Waals surface area contributed by atoms with E-state index in [1.54, 1.807) is 0 Å². The third kappa shape index (κ3) is 2.46. The van der Waals surface area contributed by atoms with Crippen molar-refractivity contribution in [2.24, 2.45) is 0 Å². The van der Waals surface area contributed by atoms with E-state index in [4.69, 9.17) is 0 Å². The average molecular weight is 387 g/mol. The lowest BCUT2D eigenvalue weighted by Crippen LogP contribution is -2.01. The Balaban J connectivity index is 2.15. The van der Waals surface area contributed by atoms with Gasteiger partial charge in [0.15, 0.2) is 5.65 Å². The van der Waals surface area contributed by atoms with Crippen molar-refractivity contribution in [3.63, 3.8) is 0 Å². The molecule has 0 aliphatic heterocycles. The Morgan fingerprint density at radius 2 is 1.80 bits per heavy atom. The van der Waals surface area contributed by atoms with Crippen LogP contribution in [0.15, 0.2) is 59.1 Å². The molecule has 4 aromatic rings. The van der Waals surface area contributed by atoms with Crippen LogP contribution >= 0.6 is 15.9 Å². The van der Waals surface area contributed by atoms with Crippen molar-refractivity contribution >= 4 is 32.6 Å². The van der Waals surface area contributed by atoms with E-state index in [0.717, 1.165) is 32.3 Å². The van der Waals surface area contributed by atoms with Gasteiger partial charge in [-0.2, -0.15) is 10.5 Å². The standard InChI is InChI=1S/C20H11BrN4/c21-14-7-5-13(6-8-14)16-11-15(9-10-22)25-19-4-2-1-3-18(19)24-20(25)17(16)12-23/h1-8,11H,9H2. The molecule has 0 bridgehead atoms. The molecule has 2 aromatic heterocycles. The predicted molar refractivity (Wildman–Crippen MR) is 99.9 cm³/mol. The Bertz CT molecular complexity index is 1190. The van der Waals surface area contributed by atoms with Crippen LogP contribution in [0.5, 0.6) is 0 Å². The van der Waals surface area contributed by atoms with Crippen LogP contribution in [0, 0.1) is 22.7 Å². The zero-order chi connectivity index (χ0) is 17.4. The van der Waals surface area contributed by atoms with Crippen LogP contribution in [0.2, 0.25) is 0 Å². The van der Waals surface area contributed by atoms with Crippen molar-refractivity contribution in [3.8, 4) is 23.3 Å². The molecule has 5 heteroatoms. The monoisotopic (exact) mass is 386 g/mol. The third-order valence-corrected chi connectivity index (χ3v) is 4.71. The minimum Gasteiger partial charge on any atom is -0.294 e. The quantitative estimate of drug-likeness (QED) is 0.494. The van der Waals surface area contributed by atoms with Crippen LogP contribution in [-0.4, -0.2) is 9.38 Å². The van der Waals surface area contributed by atoms with E-state index in [0.29, 0.717) is 11.2 Å². The fourth-order valence-electron chi connectivity index (χ4n) is 3.09. The maximum absolute atomic E-state index is 9.80. The van der Waals surface area contributed by atoms with Crippen LogP contribution in [0.4, 0.5) is 0 Å². The molecule has 0 aliphatic rings. The Hall–Kier alpha value is -3.15. The van der Waals surface area contributed by atoms with Crippen LogP contribution in [0.3, 0.4) is 0 Å². The second-order valence-electron chi connectivity index (χ2n) is 5.64. The molecule has 0 amide bonds. The van der Waals surface area contributed by atoms with E-state index >= 15 is 0 Å². The van der Waals surface area contributed by atoms with Crippen molar-refractivity contribution in [3.05, 3.63) is 70.3 Å². The topological polar surface area (TPSA) is 64.9 Å². The molecule has 118 valence electrons. The van der Waals surface area contributed by atoms with Crippen molar-refractivity contribution in [2.45, 2.75) is 6.42 Å². The van der Waals surface area contributed by atoms with E-state index in [1.165, 1.54) is 0 Å². The average Bonchev–Trinajstić information content (AvgIpc) is 3.02. The summed E-state index contributed by atoms with van der Waals surface area (Å²) in [4.78, 5) is 4.65. The smallest absolute Gasteiger partial charge is 0.156 e. The second kappa shape index (κ2) is 6.05. The zero-order valence-electron chi connectivity index (χ0n) is 13.1. The third-order valence-electron chi connectivity index (χ3n) is 4.18. The first-order chi connectivity index (χ1) is 12.2. The Labute approximate surface area is 152 Å². The van der Waals surface area contributed by atoms with Crippen LogP contribution in [-0.2, 0) is 6.42 Å². The van der Waals surface area contributed by atoms with Gasteiger partial charge in [0, 0.05) is 15.7 Å². The van der Waals surface area contributed by atoms with E-state index < -0.39 is 0 Å². The van der Waals surface area contributed by atoms with Crippen molar-refractivity contribution in [1.29, 1.82) is 10.5 Å². The number of rotatable bonds is 2. The first kappa shape index (κ1) is 15.4. The van der Waals surface area contributed by atoms with Gasteiger partial charge in [0.2, 0.25) is 0 Å². The SMILES string of the molecule is N#CCc1cc(-c2ccc(Br)cc2)c(C#N)c2nc3ccccc3n12. The molecule has 0 radical (unpaired) electrons. The summed E-state index contributed by atoms with van der Waals surface area (Å²) in [7, 11) is 0. The van der Waals surface area contributed by atoms with E-state index in [2.05, 4.69) is 33.1 Å². The molecule has 0 unspecified atom stereocenters. The number of imidazole rings is 1. The summed E-state index contributed by atoms with van der Waals surface area (Å²) < 4.78 is 2.89. The molecule has 4 rings (SSSR count). The van der Waals surface area contributed by atoms with Gasteiger partial charge in [0.25, 0.3) is 0 Å². The molecule has 0 fully saturated rings. The largest absolute Gasteiger partial charge is 0.294 e. The second-order valence-corrected chi connectivity index (χ2v) is 6.55. The summed E-state index contributed by atoms with van der Waals surface area (Å²) in [5, 5.41) is 19.1. The number of benzene rings is 2. The number of fused-ring (bicyclic) bond motifs is 3. The van der Waals surface area contributed by atoms with Gasteiger partial charge in [-0.15, -0.1) is 0 Å². The van der Waals surface area contributed by atoms with Gasteiger partial charge in [-0.3, -0.25) is 4.40 Å². The molecular weight excluding hydrogens is 376 g/mol. The summed E-state index contributed by atoms with van der Waals surface area (Å²) in [6.45, 7) is 0. The molecule has 0 saturated heterocycles. The summed E-state index contributed by atoms with van der Waals surface area (Å²) in [5.41, 5.74) is 5.36. The number of nitrogens with zero attached hydrogens (tertiary/aromatic N) is 4. The molecule has 4 nitrogen and oxygen atoms in total. The highest BCUT2D eigenvalue weighted by Gasteiger charge is 2.17. The summed E-state index contributed by atoms with van der Waals surface area (Å²) in [6.07, 6.45) is 0.242. The summed E-state index contributed by atoms with van der Waals surface area (Å²) in [6, 6.07) is 21.9. The molecule has 2 heterocycles. The minimum absolute atomic E-state index is 0.242. The van der Waals surface area contributed by atoms with E-state index in [9.17, 15) is 10.5 Å². The first-order valence-corrected chi connectivity index (χ1v) is 8.48. The molecule has 0 spiro atoms. The predicted octanol–water partition coefficient (Wildman–Crippen LogP) is 4.85. The van der Waals surface area contributed by atoms with Gasteiger partial charge in [0.05, 0.1) is 23.5 Å². The lowest BCUT2D eigenvalue weighted by atomic mass is 10.00. The Kier molecular flexibility index (Phi) is 3.72. The molecule has 25 heavy (non-hydrogen) atoms. The Morgan fingerprint density at radius 3 is 2.52 bits per heavy atom. The van der Waals surface area contributed by atoms with Gasteiger partial charge in [-0.25, -0.2) is 4.98 Å². The minimum atomic E-state index is 0.242. The van der Waals surface area contributed by atoms with E-state index in [1.807, 2.05) is 59.0 Å². The maximum atomic E-state index is 9.80. The number of para-hydroxylation sites is 2. The fourth-order valence-corrected chi connectivity index (χ4v) is 3.35. The van der Waals surface area contributed by atoms with Gasteiger partial charge in [0.1, 0.15) is 11.6 Å². The Morgan fingerprint density at radius 1 is 1.04 bits per heavy atom. The number of nitriles is 2. The number of pyridine rings is 1. The van der Waals surface area contributed by atoms with Crippen LogP contribution in [0.25, 0.3) is 27.8 Å². The van der Waals surface area contributed by atoms with Crippen molar-refractivity contribution in [2.75, 3.05) is 0 Å². The lowest BCUT2D eigenvalue weighted by molar-refractivity contribution is 1.06. The van der Waals surface area contributed by atoms with Crippen molar-refractivity contribution < 1.29 is 0 Å². The summed E-state index contributed by atoms with van der Waals surface area (Å²) in [5.74, 6) is 0. The van der Waals surface area contributed by atoms with Crippen LogP contribution < -0.4 is 0 Å². The number of halogens is 1. The molecule has 0 N–H and O–H groups in total. The molecular formula is C20H11BrN4.